The molecule has 2 N–H and O–H groups in total. The topological polar surface area (TPSA) is 63.2 Å². The first-order valence-corrected chi connectivity index (χ1v) is 10.8. The number of hydrogen-bond donors (Lipinski definition) is 2. The number of likely N-dealkylation sites (N-methyl/N-ethyl adjacent to an activating group) is 2. The van der Waals surface area contributed by atoms with Gasteiger partial charge >= 0.3 is 0 Å². The number of piperazine rings is 1. The molecule has 0 radical (unpaired) electrons. The number of nitrogens with zero attached hydrogens (tertiary/aromatic N) is 4. The standard InChI is InChI=1S/C20H38N6O/c1-4-21-20(22-13-18-15-24(2)11-12-25(18)3)23-17-9-10-26(14-17)19(27)16-7-5-6-8-16/h16-18H,4-15H2,1-3H3,(H2,21,22,23). The first kappa shape index (κ1) is 20.4. The molecular formula is C20H38N6O. The normalized spacial score (nSPS) is 28.7. The minimum atomic E-state index is 0.282. The van der Waals surface area contributed by atoms with E-state index in [2.05, 4.69) is 46.4 Å². The van der Waals surface area contributed by atoms with Crippen LogP contribution in [0.5, 0.6) is 0 Å². The summed E-state index contributed by atoms with van der Waals surface area (Å²) < 4.78 is 0. The van der Waals surface area contributed by atoms with Crippen LogP contribution in [0, 0.1) is 5.92 Å². The highest BCUT2D eigenvalue weighted by Crippen LogP contribution is 2.27. The number of aliphatic imine (C=N–C) groups is 1. The summed E-state index contributed by atoms with van der Waals surface area (Å²) in [5, 5.41) is 6.95. The van der Waals surface area contributed by atoms with Gasteiger partial charge in [-0.2, -0.15) is 0 Å². The van der Waals surface area contributed by atoms with Crippen molar-refractivity contribution in [2.45, 2.75) is 51.1 Å². The van der Waals surface area contributed by atoms with E-state index in [-0.39, 0.29) is 5.92 Å². The Morgan fingerprint density at radius 1 is 1.07 bits per heavy atom. The van der Waals surface area contributed by atoms with Gasteiger partial charge in [-0.1, -0.05) is 12.8 Å². The van der Waals surface area contributed by atoms with Crippen molar-refractivity contribution in [1.29, 1.82) is 0 Å². The van der Waals surface area contributed by atoms with Gasteiger partial charge in [-0.05, 0) is 40.3 Å². The number of amides is 1. The van der Waals surface area contributed by atoms with Crippen LogP contribution in [-0.2, 0) is 4.79 Å². The number of likely N-dealkylation sites (tertiary alicyclic amines) is 1. The molecule has 1 amide bonds. The molecule has 0 aromatic carbocycles. The molecule has 0 aromatic heterocycles. The Morgan fingerprint density at radius 2 is 1.85 bits per heavy atom. The number of nitrogens with one attached hydrogen (secondary N) is 2. The molecular weight excluding hydrogens is 340 g/mol. The molecule has 2 saturated heterocycles. The van der Waals surface area contributed by atoms with E-state index in [9.17, 15) is 4.79 Å². The van der Waals surface area contributed by atoms with Crippen LogP contribution >= 0.6 is 0 Å². The zero-order valence-corrected chi connectivity index (χ0v) is 17.4. The Labute approximate surface area is 164 Å². The second kappa shape index (κ2) is 9.73. The third-order valence-electron chi connectivity index (χ3n) is 6.33. The molecule has 3 fully saturated rings. The molecule has 7 nitrogen and oxygen atoms in total. The number of rotatable bonds is 5. The van der Waals surface area contributed by atoms with Crippen molar-refractivity contribution in [3.8, 4) is 0 Å². The SMILES string of the molecule is CCNC(=NCC1CN(C)CCN1C)NC1CCN(C(=O)C2CCCC2)C1. The lowest BCUT2D eigenvalue weighted by molar-refractivity contribution is -0.134. The molecule has 2 aliphatic heterocycles. The van der Waals surface area contributed by atoms with Crippen LogP contribution in [0.1, 0.15) is 39.0 Å². The van der Waals surface area contributed by atoms with Gasteiger partial charge in [-0.15, -0.1) is 0 Å². The van der Waals surface area contributed by atoms with E-state index in [0.29, 0.717) is 18.0 Å². The van der Waals surface area contributed by atoms with E-state index in [4.69, 9.17) is 4.99 Å². The average Bonchev–Trinajstić information content (AvgIpc) is 3.34. The lowest BCUT2D eigenvalue weighted by Gasteiger charge is -2.37. The molecule has 3 aliphatic rings. The van der Waals surface area contributed by atoms with Crippen LogP contribution in [0.25, 0.3) is 0 Å². The molecule has 2 unspecified atom stereocenters. The van der Waals surface area contributed by atoms with Gasteiger partial charge in [-0.3, -0.25) is 14.7 Å². The van der Waals surface area contributed by atoms with Crippen molar-refractivity contribution < 1.29 is 4.79 Å². The quantitative estimate of drug-likeness (QED) is 0.541. The molecule has 1 aliphatic carbocycles. The second-order valence-corrected chi connectivity index (χ2v) is 8.51. The molecule has 0 spiro atoms. The van der Waals surface area contributed by atoms with Crippen molar-refractivity contribution in [1.82, 2.24) is 25.3 Å². The maximum absolute atomic E-state index is 12.6. The van der Waals surface area contributed by atoms with Gasteiger partial charge in [0.15, 0.2) is 5.96 Å². The van der Waals surface area contributed by atoms with Gasteiger partial charge < -0.3 is 20.4 Å². The van der Waals surface area contributed by atoms with Crippen molar-refractivity contribution >= 4 is 11.9 Å². The smallest absolute Gasteiger partial charge is 0.225 e. The summed E-state index contributed by atoms with van der Waals surface area (Å²) in [7, 11) is 4.37. The van der Waals surface area contributed by atoms with Crippen molar-refractivity contribution in [2.24, 2.45) is 10.9 Å². The van der Waals surface area contributed by atoms with E-state index in [0.717, 1.165) is 71.0 Å². The molecule has 2 atom stereocenters. The fourth-order valence-electron chi connectivity index (χ4n) is 4.52. The molecule has 0 aromatic rings. The fourth-order valence-corrected chi connectivity index (χ4v) is 4.52. The van der Waals surface area contributed by atoms with Crippen LogP contribution in [0.2, 0.25) is 0 Å². The van der Waals surface area contributed by atoms with Crippen LogP contribution in [-0.4, -0.2) is 98.6 Å². The largest absolute Gasteiger partial charge is 0.357 e. The predicted molar refractivity (Wildman–Crippen MR) is 110 cm³/mol. The maximum Gasteiger partial charge on any atom is 0.225 e. The Bertz CT molecular complexity index is 519. The second-order valence-electron chi connectivity index (χ2n) is 8.51. The molecule has 7 heteroatoms. The van der Waals surface area contributed by atoms with E-state index in [1.54, 1.807) is 0 Å². The summed E-state index contributed by atoms with van der Waals surface area (Å²) in [6.45, 7) is 8.73. The number of guanidine groups is 1. The monoisotopic (exact) mass is 378 g/mol. The lowest BCUT2D eigenvalue weighted by atomic mass is 10.1. The summed E-state index contributed by atoms with van der Waals surface area (Å²) in [5.41, 5.74) is 0. The number of hydrogen-bond acceptors (Lipinski definition) is 4. The Balaban J connectivity index is 1.51. The first-order chi connectivity index (χ1) is 13.1. The Kier molecular flexibility index (Phi) is 7.35. The van der Waals surface area contributed by atoms with Crippen LogP contribution in [0.4, 0.5) is 0 Å². The maximum atomic E-state index is 12.6. The molecule has 3 rings (SSSR count). The summed E-state index contributed by atoms with van der Waals surface area (Å²) in [6.07, 6.45) is 5.61. The molecule has 27 heavy (non-hydrogen) atoms. The van der Waals surface area contributed by atoms with Crippen molar-refractivity contribution in [3.05, 3.63) is 0 Å². The summed E-state index contributed by atoms with van der Waals surface area (Å²) in [4.78, 5) is 24.4. The van der Waals surface area contributed by atoms with Gasteiger partial charge in [0, 0.05) is 57.3 Å². The summed E-state index contributed by atoms with van der Waals surface area (Å²) in [6, 6.07) is 0.767. The van der Waals surface area contributed by atoms with E-state index >= 15 is 0 Å². The molecule has 2 heterocycles. The summed E-state index contributed by atoms with van der Waals surface area (Å²) in [5.74, 6) is 1.55. The Morgan fingerprint density at radius 3 is 2.59 bits per heavy atom. The molecule has 0 bridgehead atoms. The van der Waals surface area contributed by atoms with E-state index in [1.165, 1.54) is 12.8 Å². The third-order valence-corrected chi connectivity index (χ3v) is 6.33. The van der Waals surface area contributed by atoms with E-state index in [1.807, 2.05) is 0 Å². The molecule has 1 saturated carbocycles. The predicted octanol–water partition coefficient (Wildman–Crippen LogP) is 0.578. The van der Waals surface area contributed by atoms with Crippen LogP contribution < -0.4 is 10.6 Å². The van der Waals surface area contributed by atoms with Gasteiger partial charge in [0.05, 0.1) is 6.54 Å². The van der Waals surface area contributed by atoms with Crippen molar-refractivity contribution in [3.63, 3.8) is 0 Å². The molecule has 154 valence electrons. The third kappa shape index (κ3) is 5.57. The lowest BCUT2D eigenvalue weighted by Crippen LogP contribution is -2.52. The summed E-state index contributed by atoms with van der Waals surface area (Å²) >= 11 is 0. The minimum absolute atomic E-state index is 0.282. The highest BCUT2D eigenvalue weighted by molar-refractivity contribution is 5.81. The fraction of sp³-hybridized carbons (Fsp3) is 0.900. The highest BCUT2D eigenvalue weighted by atomic mass is 16.2. The van der Waals surface area contributed by atoms with E-state index < -0.39 is 0 Å². The minimum Gasteiger partial charge on any atom is -0.357 e. The van der Waals surface area contributed by atoms with Crippen LogP contribution in [0.3, 0.4) is 0 Å². The van der Waals surface area contributed by atoms with Crippen LogP contribution in [0.15, 0.2) is 4.99 Å². The highest BCUT2D eigenvalue weighted by Gasteiger charge is 2.32. The first-order valence-electron chi connectivity index (χ1n) is 10.8. The van der Waals surface area contributed by atoms with Gasteiger partial charge in [0.1, 0.15) is 0 Å². The van der Waals surface area contributed by atoms with Gasteiger partial charge in [0.2, 0.25) is 5.91 Å². The van der Waals surface area contributed by atoms with Crippen molar-refractivity contribution in [2.75, 3.05) is 59.9 Å². The van der Waals surface area contributed by atoms with Gasteiger partial charge in [-0.25, -0.2) is 0 Å². The zero-order chi connectivity index (χ0) is 19.2. The number of carbonyl (C=O) groups excluding carboxylic acids is 1. The Hall–Kier alpha value is -1.34. The average molecular weight is 379 g/mol. The zero-order valence-electron chi connectivity index (χ0n) is 17.4. The van der Waals surface area contributed by atoms with Gasteiger partial charge in [0.25, 0.3) is 0 Å². The number of carbonyl (C=O) groups is 1.